The van der Waals surface area contributed by atoms with Gasteiger partial charge in [0, 0.05) is 18.3 Å². The van der Waals surface area contributed by atoms with Crippen molar-refractivity contribution >= 4 is 5.82 Å². The normalized spacial score (nSPS) is 15.3. The lowest BCUT2D eigenvalue weighted by Crippen LogP contribution is -1.92. The van der Waals surface area contributed by atoms with Gasteiger partial charge in [0.15, 0.2) is 5.82 Å². The van der Waals surface area contributed by atoms with Crippen molar-refractivity contribution in [3.8, 4) is 0 Å². The van der Waals surface area contributed by atoms with Crippen LogP contribution in [0.1, 0.15) is 0 Å². The molecule has 2 rings (SSSR count). The molecule has 0 fully saturated rings. The highest BCUT2D eigenvalue weighted by atomic mass is 16.5. The molecule has 0 amide bonds. The lowest BCUT2D eigenvalue weighted by Gasteiger charge is -2.03. The van der Waals surface area contributed by atoms with E-state index in [4.69, 9.17) is 4.74 Å². The van der Waals surface area contributed by atoms with Gasteiger partial charge in [0.2, 0.25) is 5.88 Å². The van der Waals surface area contributed by atoms with Crippen molar-refractivity contribution in [2.24, 2.45) is 10.2 Å². The molecule has 0 aromatic carbocycles. The van der Waals surface area contributed by atoms with E-state index in [-0.39, 0.29) is 0 Å². The molecule has 0 unspecified atom stereocenters. The molecule has 0 atom stereocenters. The summed E-state index contributed by atoms with van der Waals surface area (Å²) in [6.07, 6.45) is 8.54. The molecule has 0 radical (unpaired) electrons. The highest BCUT2D eigenvalue weighted by Crippen LogP contribution is 2.10. The molecule has 70 valence electrons. The van der Waals surface area contributed by atoms with E-state index >= 15 is 0 Å². The zero-order chi connectivity index (χ0) is 9.64. The van der Waals surface area contributed by atoms with Gasteiger partial charge in [-0.15, -0.1) is 10.2 Å². The van der Waals surface area contributed by atoms with Crippen LogP contribution in [-0.2, 0) is 4.74 Å². The molecule has 1 aliphatic rings. The molecule has 0 saturated carbocycles. The Labute approximate surface area is 80.9 Å². The summed E-state index contributed by atoms with van der Waals surface area (Å²) in [5.41, 5.74) is 0. The lowest BCUT2D eigenvalue weighted by molar-refractivity contribution is 0.238. The van der Waals surface area contributed by atoms with E-state index in [0.29, 0.717) is 18.3 Å². The predicted molar refractivity (Wildman–Crippen MR) is 49.7 cm³/mol. The minimum Gasteiger partial charge on any atom is -0.472 e. The first-order chi connectivity index (χ1) is 6.95. The molecule has 14 heavy (non-hydrogen) atoms. The summed E-state index contributed by atoms with van der Waals surface area (Å²) in [6, 6.07) is 1.67. The fourth-order valence-electron chi connectivity index (χ4n) is 0.893. The average Bonchev–Trinajstić information content (AvgIpc) is 2.29. The first-order valence-electron chi connectivity index (χ1n) is 4.12. The minimum absolute atomic E-state index is 0.492. The molecule has 1 aromatic rings. The Bertz CT molecular complexity index is 383. The zero-order valence-electron chi connectivity index (χ0n) is 7.37. The van der Waals surface area contributed by atoms with E-state index < -0.39 is 0 Å². The second-order valence-electron chi connectivity index (χ2n) is 2.51. The summed E-state index contributed by atoms with van der Waals surface area (Å²) in [5.74, 6) is 1.00. The maximum Gasteiger partial charge on any atom is 0.233 e. The summed E-state index contributed by atoms with van der Waals surface area (Å²) >= 11 is 0. The molecule has 1 aromatic heterocycles. The van der Waals surface area contributed by atoms with E-state index in [1.165, 1.54) is 6.33 Å². The Morgan fingerprint density at radius 1 is 1.36 bits per heavy atom. The number of hydrogen-bond acceptors (Lipinski definition) is 5. The van der Waals surface area contributed by atoms with Crippen LogP contribution in [0.2, 0.25) is 0 Å². The zero-order valence-corrected chi connectivity index (χ0v) is 7.37. The molecule has 0 aliphatic carbocycles. The molecular weight excluding hydrogens is 180 g/mol. The van der Waals surface area contributed by atoms with Gasteiger partial charge in [-0.2, -0.15) is 0 Å². The van der Waals surface area contributed by atoms with E-state index in [9.17, 15) is 0 Å². The second kappa shape index (κ2) is 4.27. The smallest absolute Gasteiger partial charge is 0.233 e. The van der Waals surface area contributed by atoms with E-state index in [1.807, 2.05) is 12.2 Å². The fourth-order valence-corrected chi connectivity index (χ4v) is 0.893. The van der Waals surface area contributed by atoms with Crippen LogP contribution in [0.5, 0.6) is 0 Å². The number of hydrogen-bond donors (Lipinski definition) is 0. The van der Waals surface area contributed by atoms with Crippen LogP contribution in [0.3, 0.4) is 0 Å². The van der Waals surface area contributed by atoms with Crippen LogP contribution in [-0.4, -0.2) is 16.6 Å². The Kier molecular flexibility index (Phi) is 2.61. The quantitative estimate of drug-likeness (QED) is 0.667. The molecule has 0 saturated heterocycles. The lowest BCUT2D eigenvalue weighted by atomic mass is 10.4. The Morgan fingerprint density at radius 3 is 3.07 bits per heavy atom. The number of rotatable bonds is 2. The number of aromatic nitrogens is 2. The van der Waals surface area contributed by atoms with Crippen molar-refractivity contribution in [3.63, 3.8) is 0 Å². The third-order valence-corrected chi connectivity index (χ3v) is 1.52. The van der Waals surface area contributed by atoms with Crippen molar-refractivity contribution in [2.75, 3.05) is 6.61 Å². The highest BCUT2D eigenvalue weighted by Gasteiger charge is 1.97. The number of ether oxygens (including phenoxy) is 1. The van der Waals surface area contributed by atoms with Gasteiger partial charge in [-0.05, 0) is 6.08 Å². The summed E-state index contributed by atoms with van der Waals surface area (Å²) < 4.78 is 5.17. The maximum absolute atomic E-state index is 5.17. The van der Waals surface area contributed by atoms with Crippen LogP contribution >= 0.6 is 0 Å². The van der Waals surface area contributed by atoms with Crippen molar-refractivity contribution in [3.05, 3.63) is 42.7 Å². The largest absolute Gasteiger partial charge is 0.472 e. The first-order valence-corrected chi connectivity index (χ1v) is 4.12. The topological polar surface area (TPSA) is 59.7 Å². The summed E-state index contributed by atoms with van der Waals surface area (Å²) in [6.45, 7) is 0.536. The Hall–Kier alpha value is -2.04. The van der Waals surface area contributed by atoms with Crippen molar-refractivity contribution in [1.82, 2.24) is 9.97 Å². The molecule has 5 nitrogen and oxygen atoms in total. The summed E-state index contributed by atoms with van der Waals surface area (Å²) in [7, 11) is 0. The average molecular weight is 188 g/mol. The van der Waals surface area contributed by atoms with Crippen molar-refractivity contribution in [1.29, 1.82) is 0 Å². The van der Waals surface area contributed by atoms with Gasteiger partial charge in [0.25, 0.3) is 0 Å². The summed E-state index contributed by atoms with van der Waals surface area (Å²) in [5, 5.41) is 7.75. The molecule has 5 heteroatoms. The monoisotopic (exact) mass is 188 g/mol. The van der Waals surface area contributed by atoms with Gasteiger partial charge in [-0.1, -0.05) is 6.08 Å². The summed E-state index contributed by atoms with van der Waals surface area (Å²) in [4.78, 5) is 7.66. The molecule has 1 aliphatic heterocycles. The van der Waals surface area contributed by atoms with Crippen molar-refractivity contribution in [2.45, 2.75) is 0 Å². The molecular formula is C9H8N4O. The second-order valence-corrected chi connectivity index (χ2v) is 2.51. The fraction of sp³-hybridized carbons (Fsp3) is 0.111. The molecule has 0 spiro atoms. The third-order valence-electron chi connectivity index (χ3n) is 1.52. The van der Waals surface area contributed by atoms with Gasteiger partial charge < -0.3 is 4.74 Å². The van der Waals surface area contributed by atoms with Crippen LogP contribution in [0.25, 0.3) is 0 Å². The van der Waals surface area contributed by atoms with Gasteiger partial charge in [-0.3, -0.25) is 0 Å². The van der Waals surface area contributed by atoms with E-state index in [1.54, 1.807) is 18.3 Å². The van der Waals surface area contributed by atoms with Crippen molar-refractivity contribution < 1.29 is 4.74 Å². The number of azo groups is 1. The number of nitrogens with zero attached hydrogens (tertiary/aromatic N) is 4. The Balaban J connectivity index is 2.07. The van der Waals surface area contributed by atoms with Gasteiger partial charge in [0.05, 0.1) is 0 Å². The first kappa shape index (κ1) is 8.55. The van der Waals surface area contributed by atoms with Crippen LogP contribution in [0.15, 0.2) is 52.9 Å². The maximum atomic E-state index is 5.17. The van der Waals surface area contributed by atoms with Crippen LogP contribution < -0.4 is 0 Å². The Morgan fingerprint density at radius 2 is 2.36 bits per heavy atom. The predicted octanol–water partition coefficient (Wildman–Crippen LogP) is 1.99. The van der Waals surface area contributed by atoms with Gasteiger partial charge in [-0.25, -0.2) is 9.97 Å². The molecule has 0 bridgehead atoms. The number of allylic oxidation sites excluding steroid dienone is 2. The molecule has 2 heterocycles. The molecule has 0 N–H and O–H groups in total. The van der Waals surface area contributed by atoms with E-state index in [0.717, 1.165) is 0 Å². The SMILES string of the molecule is C1=CCOC(N=Nc2ccncn2)=C1. The highest BCUT2D eigenvalue weighted by molar-refractivity contribution is 5.22. The van der Waals surface area contributed by atoms with Gasteiger partial charge >= 0.3 is 0 Å². The van der Waals surface area contributed by atoms with Crippen LogP contribution in [0, 0.1) is 0 Å². The van der Waals surface area contributed by atoms with E-state index in [2.05, 4.69) is 20.2 Å². The third kappa shape index (κ3) is 2.22. The minimum atomic E-state index is 0.492. The van der Waals surface area contributed by atoms with Gasteiger partial charge in [0.1, 0.15) is 12.9 Å². The standard InChI is InChI=1S/C9H8N4O/c1-2-6-14-9(3-1)13-12-8-4-5-10-7-11-8/h1-5,7H,6H2. The van der Waals surface area contributed by atoms with Crippen LogP contribution in [0.4, 0.5) is 5.82 Å².